The van der Waals surface area contributed by atoms with Gasteiger partial charge in [0.1, 0.15) is 22.8 Å². The van der Waals surface area contributed by atoms with Gasteiger partial charge in [-0.2, -0.15) is 18.2 Å². The molecular formula is C25H32F5N7. The fourth-order valence-corrected chi connectivity index (χ4v) is 4.14. The summed E-state index contributed by atoms with van der Waals surface area (Å²) in [6, 6.07) is 0.755. The Bertz CT molecular complexity index is 1280. The standard InChI is InChI=1S/C25H32F5N7/c1-5-6-16-17-22(36-24(32)37-23(17)34-10-9-33-8-7-12(2)3)20(27)21(35-16)14-11-15(31)19(26)13(4)18(14)25(28,29)30/h11-12,33H,5-10,31H2,1-4H3,(H3,32,34,36,37). The van der Waals surface area contributed by atoms with Gasteiger partial charge in [0, 0.05) is 18.7 Å². The SMILES string of the molecule is CCCc1nc(-c2cc(N)c(F)c(C)c2C(F)(F)F)c(F)c2nc(N)nc(NCCNCCC(C)C)c12. The molecule has 6 N–H and O–H groups in total. The highest BCUT2D eigenvalue weighted by Crippen LogP contribution is 2.43. The van der Waals surface area contributed by atoms with E-state index < -0.39 is 45.9 Å². The number of rotatable bonds is 10. The lowest BCUT2D eigenvalue weighted by Crippen LogP contribution is -2.24. The smallest absolute Gasteiger partial charge is 0.396 e. The van der Waals surface area contributed by atoms with Crippen LogP contribution < -0.4 is 22.1 Å². The summed E-state index contributed by atoms with van der Waals surface area (Å²) < 4.78 is 72.1. The first-order valence-corrected chi connectivity index (χ1v) is 12.1. The van der Waals surface area contributed by atoms with Crippen LogP contribution in [0, 0.1) is 24.5 Å². The topological polar surface area (TPSA) is 115 Å². The third-order valence-corrected chi connectivity index (χ3v) is 5.92. The molecule has 0 fully saturated rings. The van der Waals surface area contributed by atoms with Crippen molar-refractivity contribution < 1.29 is 22.0 Å². The van der Waals surface area contributed by atoms with E-state index in [-0.39, 0.29) is 28.4 Å². The second-order valence-corrected chi connectivity index (χ2v) is 9.31. The summed E-state index contributed by atoms with van der Waals surface area (Å²) in [5, 5.41) is 6.64. The van der Waals surface area contributed by atoms with Crippen LogP contribution in [0.1, 0.15) is 50.4 Å². The molecule has 37 heavy (non-hydrogen) atoms. The summed E-state index contributed by atoms with van der Waals surface area (Å²) in [5.74, 6) is -1.80. The van der Waals surface area contributed by atoms with E-state index in [9.17, 15) is 17.6 Å². The van der Waals surface area contributed by atoms with Crippen molar-refractivity contribution in [3.63, 3.8) is 0 Å². The molecule has 0 bridgehead atoms. The Balaban J connectivity index is 2.17. The van der Waals surface area contributed by atoms with Gasteiger partial charge in [-0.3, -0.25) is 0 Å². The Morgan fingerprint density at radius 3 is 2.32 bits per heavy atom. The van der Waals surface area contributed by atoms with E-state index in [1.165, 1.54) is 0 Å². The van der Waals surface area contributed by atoms with Crippen molar-refractivity contribution in [1.29, 1.82) is 0 Å². The maximum atomic E-state index is 15.9. The monoisotopic (exact) mass is 525 g/mol. The lowest BCUT2D eigenvalue weighted by Gasteiger charge is -2.20. The number of nitrogens with zero attached hydrogens (tertiary/aromatic N) is 3. The van der Waals surface area contributed by atoms with Crippen molar-refractivity contribution in [1.82, 2.24) is 20.3 Å². The molecule has 0 atom stereocenters. The van der Waals surface area contributed by atoms with Crippen molar-refractivity contribution >= 4 is 28.4 Å². The fourth-order valence-electron chi connectivity index (χ4n) is 4.14. The van der Waals surface area contributed by atoms with Crippen molar-refractivity contribution in [2.75, 3.05) is 36.4 Å². The van der Waals surface area contributed by atoms with Gasteiger partial charge in [-0.1, -0.05) is 27.2 Å². The van der Waals surface area contributed by atoms with Crippen LogP contribution in [0.3, 0.4) is 0 Å². The molecule has 202 valence electrons. The lowest BCUT2D eigenvalue weighted by molar-refractivity contribution is -0.137. The van der Waals surface area contributed by atoms with Gasteiger partial charge in [-0.15, -0.1) is 0 Å². The second kappa shape index (κ2) is 11.4. The number of halogens is 5. The van der Waals surface area contributed by atoms with Gasteiger partial charge >= 0.3 is 6.18 Å². The molecule has 0 saturated heterocycles. The van der Waals surface area contributed by atoms with E-state index in [4.69, 9.17) is 11.5 Å². The average Bonchev–Trinajstić information content (AvgIpc) is 2.80. The van der Waals surface area contributed by atoms with Crippen molar-refractivity contribution in [2.24, 2.45) is 5.92 Å². The Kier molecular flexibility index (Phi) is 8.72. The molecule has 0 aliphatic rings. The summed E-state index contributed by atoms with van der Waals surface area (Å²) in [7, 11) is 0. The van der Waals surface area contributed by atoms with Crippen LogP contribution in [0.2, 0.25) is 0 Å². The average molecular weight is 526 g/mol. The van der Waals surface area contributed by atoms with E-state index in [2.05, 4.69) is 39.4 Å². The van der Waals surface area contributed by atoms with Crippen molar-refractivity contribution in [3.8, 4) is 11.3 Å². The minimum Gasteiger partial charge on any atom is -0.396 e. The van der Waals surface area contributed by atoms with Crippen LogP contribution in [0.5, 0.6) is 0 Å². The molecule has 1 aromatic carbocycles. The summed E-state index contributed by atoms with van der Waals surface area (Å²) >= 11 is 0. The molecule has 0 saturated carbocycles. The Labute approximate surface area is 212 Å². The fraction of sp³-hybridized carbons (Fsp3) is 0.480. The molecule has 0 radical (unpaired) electrons. The Morgan fingerprint density at radius 2 is 1.70 bits per heavy atom. The number of anilines is 3. The van der Waals surface area contributed by atoms with E-state index >= 15 is 4.39 Å². The highest BCUT2D eigenvalue weighted by atomic mass is 19.4. The number of alkyl halides is 3. The molecular weight excluding hydrogens is 493 g/mol. The van der Waals surface area contributed by atoms with Crippen LogP contribution in [0.15, 0.2) is 6.07 Å². The molecule has 2 heterocycles. The highest BCUT2D eigenvalue weighted by molar-refractivity contribution is 5.95. The first kappa shape index (κ1) is 28.3. The lowest BCUT2D eigenvalue weighted by atomic mass is 9.95. The predicted molar refractivity (Wildman–Crippen MR) is 136 cm³/mol. The van der Waals surface area contributed by atoms with Crippen molar-refractivity contribution in [3.05, 3.63) is 34.5 Å². The summed E-state index contributed by atoms with van der Waals surface area (Å²) in [6.45, 7) is 8.90. The summed E-state index contributed by atoms with van der Waals surface area (Å²) in [6.07, 6.45) is -3.11. The molecule has 7 nitrogen and oxygen atoms in total. The third-order valence-electron chi connectivity index (χ3n) is 5.92. The number of nitrogens with one attached hydrogen (secondary N) is 2. The molecule has 2 aromatic heterocycles. The predicted octanol–water partition coefficient (Wildman–Crippen LogP) is 5.46. The number of pyridine rings is 1. The summed E-state index contributed by atoms with van der Waals surface area (Å²) in [4.78, 5) is 12.5. The number of nitrogen functional groups attached to an aromatic ring is 2. The Hall–Kier alpha value is -3.28. The Morgan fingerprint density at radius 1 is 1.00 bits per heavy atom. The van der Waals surface area contributed by atoms with Gasteiger partial charge in [0.25, 0.3) is 0 Å². The summed E-state index contributed by atoms with van der Waals surface area (Å²) in [5.41, 5.74) is 7.56. The molecule has 0 aliphatic carbocycles. The number of hydrogen-bond donors (Lipinski definition) is 4. The zero-order chi connectivity index (χ0) is 27.5. The quantitative estimate of drug-likeness (QED) is 0.158. The van der Waals surface area contributed by atoms with E-state index in [0.717, 1.165) is 26.0 Å². The molecule has 0 amide bonds. The normalized spacial score (nSPS) is 12.1. The molecule has 12 heteroatoms. The second-order valence-electron chi connectivity index (χ2n) is 9.31. The molecule has 3 aromatic rings. The number of aryl methyl sites for hydroxylation is 1. The zero-order valence-electron chi connectivity index (χ0n) is 21.3. The first-order chi connectivity index (χ1) is 17.4. The highest BCUT2D eigenvalue weighted by Gasteiger charge is 2.39. The van der Waals surface area contributed by atoms with Gasteiger partial charge in [0.2, 0.25) is 5.95 Å². The van der Waals surface area contributed by atoms with Gasteiger partial charge < -0.3 is 22.1 Å². The van der Waals surface area contributed by atoms with Crippen LogP contribution in [-0.2, 0) is 12.6 Å². The van der Waals surface area contributed by atoms with E-state index in [0.29, 0.717) is 31.8 Å². The van der Waals surface area contributed by atoms with Crippen LogP contribution >= 0.6 is 0 Å². The van der Waals surface area contributed by atoms with Crippen LogP contribution in [0.4, 0.5) is 39.4 Å². The number of benzene rings is 1. The molecule has 0 aliphatic heterocycles. The number of hydrogen-bond acceptors (Lipinski definition) is 7. The zero-order valence-corrected chi connectivity index (χ0v) is 21.3. The van der Waals surface area contributed by atoms with Gasteiger partial charge in [0.05, 0.1) is 22.3 Å². The maximum absolute atomic E-state index is 15.9. The van der Waals surface area contributed by atoms with Gasteiger partial charge in [-0.25, -0.2) is 18.7 Å². The van der Waals surface area contributed by atoms with Crippen molar-refractivity contribution in [2.45, 2.75) is 53.1 Å². The maximum Gasteiger partial charge on any atom is 0.417 e. The third kappa shape index (κ3) is 6.17. The van der Waals surface area contributed by atoms with E-state index in [1.54, 1.807) is 0 Å². The first-order valence-electron chi connectivity index (χ1n) is 12.1. The van der Waals surface area contributed by atoms with E-state index in [1.807, 2.05) is 6.92 Å². The largest absolute Gasteiger partial charge is 0.417 e. The molecule has 0 unspecified atom stereocenters. The number of nitrogens with two attached hydrogens (primary N) is 2. The van der Waals surface area contributed by atoms with Crippen LogP contribution in [-0.4, -0.2) is 34.6 Å². The number of aromatic nitrogens is 3. The van der Waals surface area contributed by atoms with Gasteiger partial charge in [-0.05, 0) is 43.9 Å². The number of fused-ring (bicyclic) bond motifs is 1. The molecule has 0 spiro atoms. The minimum absolute atomic E-state index is 0.236. The van der Waals surface area contributed by atoms with Crippen LogP contribution in [0.25, 0.3) is 22.2 Å². The minimum atomic E-state index is -4.98. The van der Waals surface area contributed by atoms with Gasteiger partial charge in [0.15, 0.2) is 5.82 Å². The molecule has 3 rings (SSSR count).